The molecule has 4 heterocycles. The van der Waals surface area contributed by atoms with Crippen LogP contribution in [-0.4, -0.2) is 54.0 Å². The van der Waals surface area contributed by atoms with Crippen LogP contribution in [0.3, 0.4) is 0 Å². The number of pyridine rings is 1. The first-order valence-electron chi connectivity index (χ1n) is 9.36. The molecule has 2 aromatic rings. The lowest BCUT2D eigenvalue weighted by Gasteiger charge is -2.08. The zero-order chi connectivity index (χ0) is 20.4. The molecule has 2 aliphatic rings. The maximum atomic E-state index is 12.6. The van der Waals surface area contributed by atoms with Crippen molar-refractivity contribution in [3.05, 3.63) is 46.5 Å². The van der Waals surface area contributed by atoms with E-state index < -0.39 is 0 Å². The first-order chi connectivity index (χ1) is 14.0. The quantitative estimate of drug-likeness (QED) is 0.521. The molecule has 0 aliphatic carbocycles. The molecule has 9 heteroatoms. The summed E-state index contributed by atoms with van der Waals surface area (Å²) in [6, 6.07) is 3.47. The van der Waals surface area contributed by atoms with E-state index in [4.69, 9.17) is 4.74 Å². The van der Waals surface area contributed by atoms with Crippen molar-refractivity contribution in [2.24, 2.45) is 0 Å². The fourth-order valence-electron chi connectivity index (χ4n) is 3.35. The Morgan fingerprint density at radius 1 is 1.00 bits per heavy atom. The van der Waals surface area contributed by atoms with Crippen LogP contribution in [0.2, 0.25) is 0 Å². The summed E-state index contributed by atoms with van der Waals surface area (Å²) < 4.78 is 5.43. The monoisotopic (exact) mass is 395 g/mol. The van der Waals surface area contributed by atoms with E-state index in [1.165, 1.54) is 0 Å². The van der Waals surface area contributed by atoms with Gasteiger partial charge in [0, 0.05) is 24.3 Å². The van der Waals surface area contributed by atoms with E-state index in [1.54, 1.807) is 24.4 Å². The topological polar surface area (TPSA) is 125 Å². The van der Waals surface area contributed by atoms with E-state index >= 15 is 0 Å². The highest BCUT2D eigenvalue weighted by Gasteiger charge is 2.26. The molecule has 0 atom stereocenters. The maximum absolute atomic E-state index is 12.6. The Morgan fingerprint density at radius 2 is 1.79 bits per heavy atom. The smallest absolute Gasteiger partial charge is 0.256 e. The number of hydrogen-bond acceptors (Lipinski definition) is 5. The second kappa shape index (κ2) is 7.88. The number of rotatable bonds is 0. The summed E-state index contributed by atoms with van der Waals surface area (Å²) >= 11 is 0. The molecule has 2 aliphatic heterocycles. The third kappa shape index (κ3) is 4.04. The Bertz CT molecular complexity index is 1020. The molecule has 29 heavy (non-hydrogen) atoms. The molecule has 3 amide bonds. The van der Waals surface area contributed by atoms with E-state index in [-0.39, 0.29) is 24.1 Å². The van der Waals surface area contributed by atoms with Crippen molar-refractivity contribution < 1.29 is 19.1 Å². The molecule has 0 saturated heterocycles. The second-order valence-electron chi connectivity index (χ2n) is 6.91. The normalized spacial score (nSPS) is 19.3. The number of aromatic nitrogens is 2. The summed E-state index contributed by atoms with van der Waals surface area (Å²) in [5.74, 6) is -0.714. The number of aromatic amines is 1. The van der Waals surface area contributed by atoms with Gasteiger partial charge in [0.1, 0.15) is 0 Å². The standard InChI is InChI=1S/C20H21N5O4/c1-11-6-15-16(24-11)9-14-13-7-12(23-10-17(13)25-20(14)28)8-18(26)21-2-4-29-5-3-22-19(15)27/h6-7,9-10,24H,2-5,8H2,1H3,(H,21,26)(H,22,27)(H,25,28)/b14-9-. The molecule has 0 aromatic carbocycles. The van der Waals surface area contributed by atoms with Gasteiger partial charge in [-0.15, -0.1) is 0 Å². The van der Waals surface area contributed by atoms with E-state index in [2.05, 4.69) is 25.9 Å². The van der Waals surface area contributed by atoms with Gasteiger partial charge >= 0.3 is 0 Å². The van der Waals surface area contributed by atoms with Crippen LogP contribution in [-0.2, 0) is 20.7 Å². The zero-order valence-corrected chi connectivity index (χ0v) is 15.9. The summed E-state index contributed by atoms with van der Waals surface area (Å²) in [4.78, 5) is 44.6. The van der Waals surface area contributed by atoms with Gasteiger partial charge in [-0.1, -0.05) is 0 Å². The Labute approximate surface area is 166 Å². The number of hydrogen-bond donors (Lipinski definition) is 4. The lowest BCUT2D eigenvalue weighted by Crippen LogP contribution is -2.31. The van der Waals surface area contributed by atoms with Crippen LogP contribution in [0.4, 0.5) is 5.69 Å². The molecule has 2 aromatic heterocycles. The summed E-state index contributed by atoms with van der Waals surface area (Å²) in [6.45, 7) is 3.22. The Kier molecular flexibility index (Phi) is 5.13. The molecule has 150 valence electrons. The van der Waals surface area contributed by atoms with Crippen LogP contribution in [0.15, 0.2) is 18.3 Å². The number of aryl methyl sites for hydroxylation is 1. The van der Waals surface area contributed by atoms with Crippen LogP contribution in [0, 0.1) is 6.92 Å². The summed E-state index contributed by atoms with van der Waals surface area (Å²) in [5.41, 5.74) is 3.98. The van der Waals surface area contributed by atoms with E-state index in [0.717, 1.165) is 5.69 Å². The number of H-pyrrole nitrogens is 1. The Hall–Kier alpha value is -3.46. The molecular weight excluding hydrogens is 374 g/mol. The number of ether oxygens (including phenoxy) is 1. The van der Waals surface area contributed by atoms with Crippen LogP contribution in [0.1, 0.15) is 33.0 Å². The SMILES string of the molecule is Cc1cc2c([nH]1)/C=C1\C(=O)Nc3cnc(cc31)CC(=O)NCCOCCNC2=O. The summed E-state index contributed by atoms with van der Waals surface area (Å²) in [7, 11) is 0. The minimum Gasteiger partial charge on any atom is -0.378 e. The van der Waals surface area contributed by atoms with Gasteiger partial charge in [-0.05, 0) is 25.1 Å². The van der Waals surface area contributed by atoms with Crippen molar-refractivity contribution >= 4 is 35.1 Å². The van der Waals surface area contributed by atoms with Crippen molar-refractivity contribution in [1.29, 1.82) is 0 Å². The highest BCUT2D eigenvalue weighted by molar-refractivity contribution is 6.35. The van der Waals surface area contributed by atoms with Gasteiger partial charge in [0.2, 0.25) is 5.91 Å². The van der Waals surface area contributed by atoms with Crippen molar-refractivity contribution in [2.75, 3.05) is 31.6 Å². The highest BCUT2D eigenvalue weighted by Crippen LogP contribution is 2.33. The first kappa shape index (κ1) is 18.9. The van der Waals surface area contributed by atoms with Crippen molar-refractivity contribution in [1.82, 2.24) is 20.6 Å². The number of amides is 3. The average molecular weight is 395 g/mol. The lowest BCUT2D eigenvalue weighted by atomic mass is 10.0. The number of anilines is 1. The van der Waals surface area contributed by atoms with Gasteiger partial charge in [0.25, 0.3) is 11.8 Å². The molecule has 2 bridgehead atoms. The first-order valence-corrected chi connectivity index (χ1v) is 9.36. The van der Waals surface area contributed by atoms with E-state index in [9.17, 15) is 14.4 Å². The molecule has 0 saturated carbocycles. The van der Waals surface area contributed by atoms with Gasteiger partial charge in [-0.2, -0.15) is 0 Å². The van der Waals surface area contributed by atoms with Gasteiger partial charge in [-0.25, -0.2) is 0 Å². The van der Waals surface area contributed by atoms with E-state index in [0.29, 0.717) is 60.1 Å². The predicted molar refractivity (Wildman–Crippen MR) is 106 cm³/mol. The highest BCUT2D eigenvalue weighted by atomic mass is 16.5. The minimum atomic E-state index is -0.284. The molecular formula is C20H21N5O4. The molecule has 0 unspecified atom stereocenters. The van der Waals surface area contributed by atoms with Crippen LogP contribution < -0.4 is 16.0 Å². The van der Waals surface area contributed by atoms with Gasteiger partial charge in [0.05, 0.1) is 54.0 Å². The Balaban J connectivity index is 1.76. The molecule has 4 N–H and O–H groups in total. The minimum absolute atomic E-state index is 0.0989. The number of carbonyl (C=O) groups excluding carboxylic acids is 3. The predicted octanol–water partition coefficient (Wildman–Crippen LogP) is 0.630. The fraction of sp³-hybridized carbons (Fsp3) is 0.300. The number of fused-ring (bicyclic) bond motifs is 2. The number of nitrogens with one attached hydrogen (secondary N) is 4. The zero-order valence-electron chi connectivity index (χ0n) is 15.9. The molecule has 9 nitrogen and oxygen atoms in total. The summed E-state index contributed by atoms with van der Waals surface area (Å²) in [6.07, 6.45) is 3.30. The Morgan fingerprint density at radius 3 is 2.62 bits per heavy atom. The lowest BCUT2D eigenvalue weighted by molar-refractivity contribution is -0.120. The van der Waals surface area contributed by atoms with Gasteiger partial charge < -0.3 is 25.7 Å². The maximum Gasteiger partial charge on any atom is 0.256 e. The third-order valence-electron chi connectivity index (χ3n) is 4.70. The summed E-state index contributed by atoms with van der Waals surface area (Å²) in [5, 5.41) is 8.35. The van der Waals surface area contributed by atoms with Gasteiger partial charge in [-0.3, -0.25) is 19.4 Å². The van der Waals surface area contributed by atoms with Gasteiger partial charge in [0.15, 0.2) is 0 Å². The molecule has 0 radical (unpaired) electrons. The largest absolute Gasteiger partial charge is 0.378 e. The van der Waals surface area contributed by atoms with Crippen molar-refractivity contribution in [3.63, 3.8) is 0 Å². The van der Waals surface area contributed by atoms with Crippen molar-refractivity contribution in [3.8, 4) is 0 Å². The van der Waals surface area contributed by atoms with Crippen LogP contribution in [0.5, 0.6) is 0 Å². The van der Waals surface area contributed by atoms with E-state index in [1.807, 2.05) is 6.92 Å². The second-order valence-corrected chi connectivity index (χ2v) is 6.91. The molecule has 0 fully saturated rings. The van der Waals surface area contributed by atoms with Crippen molar-refractivity contribution in [2.45, 2.75) is 13.3 Å². The number of carbonyl (C=O) groups is 3. The average Bonchev–Trinajstić information content (AvgIpc) is 3.20. The fourth-order valence-corrected chi connectivity index (χ4v) is 3.35. The van der Waals surface area contributed by atoms with Crippen LogP contribution in [0.25, 0.3) is 11.6 Å². The molecule has 0 spiro atoms. The third-order valence-corrected chi connectivity index (χ3v) is 4.70. The molecule has 4 rings (SSSR count). The number of nitrogens with zero attached hydrogens (tertiary/aromatic N) is 1. The van der Waals surface area contributed by atoms with Crippen LogP contribution >= 0.6 is 0 Å².